The molecule has 1 N–H and O–H groups in total. The van der Waals surface area contributed by atoms with Crippen molar-refractivity contribution in [3.05, 3.63) is 70.8 Å². The molecule has 1 amide bonds. The van der Waals surface area contributed by atoms with Gasteiger partial charge in [0.05, 0.1) is 6.54 Å². The monoisotopic (exact) mass is 324 g/mol. The van der Waals surface area contributed by atoms with E-state index < -0.39 is 0 Å². The third kappa shape index (κ3) is 3.37. The van der Waals surface area contributed by atoms with Gasteiger partial charge in [-0.3, -0.25) is 19.1 Å². The maximum Gasteiger partial charge on any atom is 0.266 e. The van der Waals surface area contributed by atoms with Crippen LogP contribution < -0.4 is 10.9 Å². The maximum absolute atomic E-state index is 12.0. The molecule has 0 aliphatic heterocycles. The highest BCUT2D eigenvalue weighted by atomic mass is 16.2. The average Bonchev–Trinajstić information content (AvgIpc) is 3.03. The van der Waals surface area contributed by atoms with E-state index in [4.69, 9.17) is 0 Å². The molecule has 0 unspecified atom stereocenters. The average molecular weight is 324 g/mol. The van der Waals surface area contributed by atoms with Gasteiger partial charge in [-0.05, 0) is 25.1 Å². The van der Waals surface area contributed by atoms with Gasteiger partial charge in [0.2, 0.25) is 0 Å². The SMILES string of the molecule is Cc1nccn1-c1ccc(=O)n(CCNC(=O)c2ccncc2)n1. The van der Waals surface area contributed by atoms with Crippen LogP contribution in [0.4, 0.5) is 0 Å². The molecule has 8 nitrogen and oxygen atoms in total. The van der Waals surface area contributed by atoms with E-state index >= 15 is 0 Å². The Morgan fingerprint density at radius 2 is 1.96 bits per heavy atom. The molecule has 24 heavy (non-hydrogen) atoms. The van der Waals surface area contributed by atoms with Crippen LogP contribution in [0.2, 0.25) is 0 Å². The highest BCUT2D eigenvalue weighted by molar-refractivity contribution is 5.93. The number of aryl methyl sites for hydroxylation is 1. The summed E-state index contributed by atoms with van der Waals surface area (Å²) in [4.78, 5) is 31.9. The van der Waals surface area contributed by atoms with Gasteiger partial charge >= 0.3 is 0 Å². The summed E-state index contributed by atoms with van der Waals surface area (Å²) < 4.78 is 3.10. The standard InChI is InChI=1S/C16H16N6O2/c1-12-18-8-10-21(12)14-2-3-15(23)22(20-14)11-9-19-16(24)13-4-6-17-7-5-13/h2-8,10H,9,11H2,1H3,(H,19,24). The molecule has 3 heterocycles. The van der Waals surface area contributed by atoms with Crippen molar-refractivity contribution < 1.29 is 4.79 Å². The molecule has 8 heteroatoms. The number of imidazole rings is 1. The van der Waals surface area contributed by atoms with Gasteiger partial charge in [-0.25, -0.2) is 9.67 Å². The Kier molecular flexibility index (Phi) is 4.46. The topological polar surface area (TPSA) is 94.7 Å². The lowest BCUT2D eigenvalue weighted by Crippen LogP contribution is -2.32. The van der Waals surface area contributed by atoms with Crippen molar-refractivity contribution in [2.45, 2.75) is 13.5 Å². The molecule has 0 aliphatic carbocycles. The summed E-state index contributed by atoms with van der Waals surface area (Å²) in [5.41, 5.74) is 0.294. The minimum absolute atomic E-state index is 0.216. The van der Waals surface area contributed by atoms with Crippen molar-refractivity contribution >= 4 is 5.91 Å². The Hall–Kier alpha value is -3.29. The van der Waals surface area contributed by atoms with Crippen molar-refractivity contribution in [2.75, 3.05) is 6.54 Å². The largest absolute Gasteiger partial charge is 0.350 e. The van der Waals surface area contributed by atoms with Gasteiger partial charge in [-0.15, -0.1) is 0 Å². The van der Waals surface area contributed by atoms with Crippen LogP contribution in [0.25, 0.3) is 5.82 Å². The fourth-order valence-electron chi connectivity index (χ4n) is 2.23. The number of pyridine rings is 1. The van der Waals surface area contributed by atoms with Crippen LogP contribution in [0.1, 0.15) is 16.2 Å². The minimum Gasteiger partial charge on any atom is -0.350 e. The first-order valence-electron chi connectivity index (χ1n) is 7.42. The van der Waals surface area contributed by atoms with Gasteiger partial charge in [0.15, 0.2) is 5.82 Å². The zero-order valence-corrected chi connectivity index (χ0v) is 13.1. The minimum atomic E-state index is -0.227. The molecule has 122 valence electrons. The van der Waals surface area contributed by atoms with E-state index in [1.165, 1.54) is 10.7 Å². The summed E-state index contributed by atoms with van der Waals surface area (Å²) in [5.74, 6) is 1.16. The second kappa shape index (κ2) is 6.86. The fraction of sp³-hybridized carbons (Fsp3) is 0.188. The molecule has 3 rings (SSSR count). The molecule has 3 aromatic rings. The molecule has 0 aliphatic rings. The summed E-state index contributed by atoms with van der Waals surface area (Å²) in [6, 6.07) is 6.35. The van der Waals surface area contributed by atoms with Gasteiger partial charge in [0.1, 0.15) is 5.82 Å². The van der Waals surface area contributed by atoms with Gasteiger partial charge in [-0.1, -0.05) is 0 Å². The number of carbonyl (C=O) groups excluding carboxylic acids is 1. The molecule has 0 bridgehead atoms. The van der Waals surface area contributed by atoms with Gasteiger partial charge < -0.3 is 5.32 Å². The molecule has 3 aromatic heterocycles. The number of amides is 1. The van der Waals surface area contributed by atoms with Crippen molar-refractivity contribution in [3.8, 4) is 5.82 Å². The lowest BCUT2D eigenvalue weighted by atomic mass is 10.2. The van der Waals surface area contributed by atoms with Crippen LogP contribution in [0.15, 0.2) is 53.8 Å². The van der Waals surface area contributed by atoms with E-state index in [2.05, 4.69) is 20.4 Å². The van der Waals surface area contributed by atoms with Crippen LogP contribution in [0, 0.1) is 6.92 Å². The summed E-state index contributed by atoms with van der Waals surface area (Å²) in [6.45, 7) is 2.42. The predicted octanol–water partition coefficient (Wildman–Crippen LogP) is 0.562. The summed E-state index contributed by atoms with van der Waals surface area (Å²) in [6.07, 6.45) is 6.55. The zero-order valence-electron chi connectivity index (χ0n) is 13.1. The first-order valence-corrected chi connectivity index (χ1v) is 7.42. The van der Waals surface area contributed by atoms with Crippen LogP contribution in [0.5, 0.6) is 0 Å². The summed E-state index contributed by atoms with van der Waals surface area (Å²) in [7, 11) is 0. The molecular formula is C16H16N6O2. The van der Waals surface area contributed by atoms with Crippen molar-refractivity contribution in [2.24, 2.45) is 0 Å². The maximum atomic E-state index is 12.0. The van der Waals surface area contributed by atoms with E-state index in [1.807, 2.05) is 6.92 Å². The Bertz CT molecular complexity index is 900. The first-order chi connectivity index (χ1) is 11.6. The Morgan fingerprint density at radius 1 is 1.17 bits per heavy atom. The molecule has 0 radical (unpaired) electrons. The second-order valence-electron chi connectivity index (χ2n) is 5.09. The molecule has 0 spiro atoms. The van der Waals surface area contributed by atoms with E-state index in [0.29, 0.717) is 17.9 Å². The van der Waals surface area contributed by atoms with E-state index in [0.717, 1.165) is 5.82 Å². The molecule has 0 fully saturated rings. The first kappa shape index (κ1) is 15.6. The summed E-state index contributed by atoms with van der Waals surface area (Å²) in [5, 5.41) is 7.07. The van der Waals surface area contributed by atoms with Crippen molar-refractivity contribution in [3.63, 3.8) is 0 Å². The lowest BCUT2D eigenvalue weighted by molar-refractivity contribution is 0.0951. The van der Waals surface area contributed by atoms with Crippen LogP contribution >= 0.6 is 0 Å². The van der Waals surface area contributed by atoms with Gasteiger partial charge in [0.25, 0.3) is 11.5 Å². The Balaban J connectivity index is 1.68. The van der Waals surface area contributed by atoms with Gasteiger partial charge in [-0.2, -0.15) is 5.10 Å². The highest BCUT2D eigenvalue weighted by Crippen LogP contribution is 2.04. The Morgan fingerprint density at radius 3 is 2.67 bits per heavy atom. The highest BCUT2D eigenvalue weighted by Gasteiger charge is 2.07. The van der Waals surface area contributed by atoms with Crippen LogP contribution in [0.3, 0.4) is 0 Å². The van der Waals surface area contributed by atoms with Crippen LogP contribution in [-0.4, -0.2) is 36.8 Å². The normalized spacial score (nSPS) is 10.5. The van der Waals surface area contributed by atoms with E-state index in [1.54, 1.807) is 47.6 Å². The zero-order chi connectivity index (χ0) is 16.9. The Labute approximate surface area is 137 Å². The number of nitrogens with one attached hydrogen (secondary N) is 1. The smallest absolute Gasteiger partial charge is 0.266 e. The van der Waals surface area contributed by atoms with Crippen molar-refractivity contribution in [1.82, 2.24) is 29.6 Å². The number of hydrogen-bond acceptors (Lipinski definition) is 5. The quantitative estimate of drug-likeness (QED) is 0.740. The van der Waals surface area contributed by atoms with Crippen LogP contribution in [-0.2, 0) is 6.54 Å². The number of carbonyl (C=O) groups is 1. The third-order valence-electron chi connectivity index (χ3n) is 3.48. The molecular weight excluding hydrogens is 308 g/mol. The second-order valence-corrected chi connectivity index (χ2v) is 5.09. The number of hydrogen-bond donors (Lipinski definition) is 1. The molecule has 0 saturated carbocycles. The van der Waals surface area contributed by atoms with Crippen molar-refractivity contribution in [1.29, 1.82) is 0 Å². The number of aromatic nitrogens is 5. The number of rotatable bonds is 5. The molecule has 0 atom stereocenters. The predicted molar refractivity (Wildman–Crippen MR) is 86.9 cm³/mol. The fourth-order valence-corrected chi connectivity index (χ4v) is 2.23. The van der Waals surface area contributed by atoms with Gasteiger partial charge in [0, 0.05) is 43.0 Å². The van der Waals surface area contributed by atoms with E-state index in [-0.39, 0.29) is 18.0 Å². The molecule has 0 aromatic carbocycles. The third-order valence-corrected chi connectivity index (χ3v) is 3.48. The molecule has 0 saturated heterocycles. The lowest BCUT2D eigenvalue weighted by Gasteiger charge is -2.09. The summed E-state index contributed by atoms with van der Waals surface area (Å²) >= 11 is 0. The number of nitrogens with zero attached hydrogens (tertiary/aromatic N) is 5. The van der Waals surface area contributed by atoms with E-state index in [9.17, 15) is 9.59 Å².